The van der Waals surface area contributed by atoms with Crippen molar-refractivity contribution in [3.8, 4) is 21.8 Å². The van der Waals surface area contributed by atoms with Gasteiger partial charge in [0, 0.05) is 37.0 Å². The zero-order chi connectivity index (χ0) is 28.4. The number of nitrogens with one attached hydrogen (secondary N) is 1. The fourth-order valence-corrected chi connectivity index (χ4v) is 6.25. The first kappa shape index (κ1) is 27.7. The lowest BCUT2D eigenvalue weighted by molar-refractivity contribution is -0.123. The van der Waals surface area contributed by atoms with Gasteiger partial charge in [-0.15, -0.1) is 11.3 Å². The number of hydrogen-bond donors (Lipinski definition) is 2. The number of nitrogens with zero attached hydrogens (tertiary/aromatic N) is 6. The fraction of sp³-hybridized carbons (Fsp3) is 0.414. The molecule has 0 aromatic carbocycles. The average molecular weight is 561 g/mol. The number of nitrogens with two attached hydrogens (primary N) is 1. The molecule has 1 aliphatic rings. The van der Waals surface area contributed by atoms with E-state index >= 15 is 0 Å². The van der Waals surface area contributed by atoms with E-state index in [1.54, 1.807) is 35.2 Å². The van der Waals surface area contributed by atoms with Gasteiger partial charge in [0.15, 0.2) is 5.65 Å². The zero-order valence-electron chi connectivity index (χ0n) is 23.4. The molecule has 4 aromatic rings. The maximum absolute atomic E-state index is 13.0. The lowest BCUT2D eigenvalue weighted by Crippen LogP contribution is -2.56. The second kappa shape index (κ2) is 11.7. The highest BCUT2D eigenvalue weighted by molar-refractivity contribution is 7.13. The van der Waals surface area contributed by atoms with E-state index in [1.165, 1.54) is 0 Å². The van der Waals surface area contributed by atoms with Crippen LogP contribution in [0.4, 0.5) is 5.82 Å². The number of pyridine rings is 1. The van der Waals surface area contributed by atoms with Gasteiger partial charge in [-0.1, -0.05) is 26.8 Å². The number of amides is 2. The van der Waals surface area contributed by atoms with E-state index in [0.717, 1.165) is 35.6 Å². The SMILES string of the molecule is CC[C@H](Cc1c(C(N)=O)cc(-c2cnn3ccc(-c4cccs4)nc23)nc1N1CC[C@H]1C(=O)NC)N(CC)CC. The highest BCUT2D eigenvalue weighted by atomic mass is 32.1. The standard InChI is InChI=1S/C29H36N8O2S/c1-5-18(35(6-2)7-3)15-20-19(26(30)38)16-23(34-27(20)36-12-11-24(36)29(39)31-4)21-17-32-37-13-10-22(33-28(21)37)25-9-8-14-40-25/h8-10,13-14,16-18,24H,5-7,11-12,15H2,1-4H3,(H2,30,38)(H,31,39)/t18-,24+/m1/s1. The van der Waals surface area contributed by atoms with Gasteiger partial charge in [-0.25, -0.2) is 14.5 Å². The number of fused-ring (bicyclic) bond motifs is 1. The topological polar surface area (TPSA) is 122 Å². The lowest BCUT2D eigenvalue weighted by atomic mass is 9.93. The second-order valence-electron chi connectivity index (χ2n) is 9.94. The van der Waals surface area contributed by atoms with Gasteiger partial charge in [-0.3, -0.25) is 9.59 Å². The van der Waals surface area contributed by atoms with Crippen molar-refractivity contribution in [2.24, 2.45) is 5.73 Å². The molecule has 1 fully saturated rings. The molecule has 5 rings (SSSR count). The van der Waals surface area contributed by atoms with Crippen molar-refractivity contribution in [2.45, 2.75) is 52.1 Å². The van der Waals surface area contributed by atoms with E-state index in [1.807, 2.05) is 34.7 Å². The van der Waals surface area contributed by atoms with Gasteiger partial charge in [0.1, 0.15) is 11.9 Å². The molecule has 40 heavy (non-hydrogen) atoms. The largest absolute Gasteiger partial charge is 0.366 e. The Hall–Kier alpha value is -3.83. The molecule has 3 N–H and O–H groups in total. The predicted molar refractivity (Wildman–Crippen MR) is 159 cm³/mol. The van der Waals surface area contributed by atoms with E-state index in [0.29, 0.717) is 47.7 Å². The minimum absolute atomic E-state index is 0.0703. The zero-order valence-corrected chi connectivity index (χ0v) is 24.2. The van der Waals surface area contributed by atoms with Crippen molar-refractivity contribution < 1.29 is 9.59 Å². The minimum Gasteiger partial charge on any atom is -0.366 e. The van der Waals surface area contributed by atoms with Gasteiger partial charge < -0.3 is 20.9 Å². The molecule has 2 atom stereocenters. The van der Waals surface area contributed by atoms with E-state index < -0.39 is 5.91 Å². The smallest absolute Gasteiger partial charge is 0.249 e. The number of primary amides is 1. The van der Waals surface area contributed by atoms with Gasteiger partial charge in [0.2, 0.25) is 11.8 Å². The molecule has 1 aliphatic heterocycles. The number of carbonyl (C=O) groups is 2. The summed E-state index contributed by atoms with van der Waals surface area (Å²) in [5.74, 6) is 0.0413. The number of thiophene rings is 1. The van der Waals surface area contributed by atoms with Gasteiger partial charge in [-0.05, 0) is 55.9 Å². The van der Waals surface area contributed by atoms with Crippen LogP contribution in [0.25, 0.3) is 27.5 Å². The summed E-state index contributed by atoms with van der Waals surface area (Å²) in [5, 5.41) is 9.29. The molecule has 5 heterocycles. The summed E-state index contributed by atoms with van der Waals surface area (Å²) in [6, 6.07) is 7.56. The molecule has 4 aromatic heterocycles. The van der Waals surface area contributed by atoms with Crippen LogP contribution in [0.5, 0.6) is 0 Å². The molecule has 0 radical (unpaired) electrons. The third-order valence-electron chi connectivity index (χ3n) is 7.87. The summed E-state index contributed by atoms with van der Waals surface area (Å²) in [5.41, 5.74) is 9.95. The molecule has 0 spiro atoms. The summed E-state index contributed by atoms with van der Waals surface area (Å²) in [6.07, 6.45) is 5.81. The van der Waals surface area contributed by atoms with Crippen molar-refractivity contribution >= 4 is 34.6 Å². The minimum atomic E-state index is -0.518. The molecule has 10 nitrogen and oxygen atoms in total. The van der Waals surface area contributed by atoms with Gasteiger partial charge in [0.25, 0.3) is 0 Å². The molecule has 0 aliphatic carbocycles. The molecule has 2 amide bonds. The van der Waals surface area contributed by atoms with Crippen LogP contribution in [0.3, 0.4) is 0 Å². The number of anilines is 1. The second-order valence-corrected chi connectivity index (χ2v) is 10.9. The quantitative estimate of drug-likeness (QED) is 0.287. The Balaban J connectivity index is 1.68. The van der Waals surface area contributed by atoms with Crippen LogP contribution < -0.4 is 16.0 Å². The average Bonchev–Trinajstić information content (AvgIpc) is 3.63. The Bertz CT molecular complexity index is 1510. The van der Waals surface area contributed by atoms with Crippen LogP contribution >= 0.6 is 11.3 Å². The highest BCUT2D eigenvalue weighted by Gasteiger charge is 2.37. The Morgan fingerprint density at radius 3 is 2.60 bits per heavy atom. The van der Waals surface area contributed by atoms with Crippen LogP contribution in [-0.2, 0) is 11.2 Å². The maximum atomic E-state index is 13.0. The van der Waals surface area contributed by atoms with E-state index in [-0.39, 0.29) is 18.0 Å². The normalized spacial score (nSPS) is 15.8. The Morgan fingerprint density at radius 2 is 2.00 bits per heavy atom. The van der Waals surface area contributed by atoms with Gasteiger partial charge in [0.05, 0.1) is 28.0 Å². The van der Waals surface area contributed by atoms with Crippen molar-refractivity contribution in [1.29, 1.82) is 0 Å². The first-order valence-electron chi connectivity index (χ1n) is 13.8. The summed E-state index contributed by atoms with van der Waals surface area (Å²) >= 11 is 1.62. The van der Waals surface area contributed by atoms with E-state index in [2.05, 4.69) is 36.1 Å². The summed E-state index contributed by atoms with van der Waals surface area (Å²) in [7, 11) is 1.64. The van der Waals surface area contributed by atoms with Crippen molar-refractivity contribution in [1.82, 2.24) is 29.8 Å². The Kier molecular flexibility index (Phi) is 8.13. The van der Waals surface area contributed by atoms with Crippen LogP contribution in [-0.4, -0.2) is 75.1 Å². The molecule has 0 bridgehead atoms. The van der Waals surface area contributed by atoms with Crippen LogP contribution in [0.2, 0.25) is 0 Å². The number of carbonyl (C=O) groups excluding carboxylic acids is 2. The maximum Gasteiger partial charge on any atom is 0.249 e. The molecule has 0 saturated carbocycles. The number of aromatic nitrogens is 4. The molecular weight excluding hydrogens is 524 g/mol. The summed E-state index contributed by atoms with van der Waals surface area (Å²) < 4.78 is 1.70. The Labute approximate surface area is 238 Å². The molecular formula is C29H36N8O2S. The van der Waals surface area contributed by atoms with Crippen LogP contribution in [0, 0.1) is 0 Å². The van der Waals surface area contributed by atoms with Crippen molar-refractivity contribution in [3.63, 3.8) is 0 Å². The third kappa shape index (κ3) is 5.06. The molecule has 0 unspecified atom stereocenters. The molecule has 210 valence electrons. The first-order valence-corrected chi connectivity index (χ1v) is 14.7. The number of hydrogen-bond acceptors (Lipinski definition) is 8. The first-order chi connectivity index (χ1) is 19.4. The van der Waals surface area contributed by atoms with Gasteiger partial charge in [-0.2, -0.15) is 5.10 Å². The van der Waals surface area contributed by atoms with Crippen molar-refractivity contribution in [2.75, 3.05) is 31.6 Å². The predicted octanol–water partition coefficient (Wildman–Crippen LogP) is 3.61. The lowest BCUT2D eigenvalue weighted by Gasteiger charge is -2.42. The van der Waals surface area contributed by atoms with Crippen LogP contribution in [0.15, 0.2) is 42.0 Å². The monoisotopic (exact) mass is 560 g/mol. The number of rotatable bonds is 11. The highest BCUT2D eigenvalue weighted by Crippen LogP contribution is 2.36. The van der Waals surface area contributed by atoms with E-state index in [4.69, 9.17) is 15.7 Å². The Morgan fingerprint density at radius 1 is 1.20 bits per heavy atom. The molecule has 1 saturated heterocycles. The van der Waals surface area contributed by atoms with Crippen LogP contribution in [0.1, 0.15) is 49.5 Å². The van der Waals surface area contributed by atoms with Crippen molar-refractivity contribution in [3.05, 3.63) is 53.2 Å². The summed E-state index contributed by atoms with van der Waals surface area (Å²) in [4.78, 5) is 41.2. The van der Waals surface area contributed by atoms with Gasteiger partial charge >= 0.3 is 0 Å². The third-order valence-corrected chi connectivity index (χ3v) is 8.76. The van der Waals surface area contributed by atoms with E-state index in [9.17, 15) is 9.59 Å². The summed E-state index contributed by atoms with van der Waals surface area (Å²) in [6.45, 7) is 8.89. The molecule has 11 heteroatoms. The fourth-order valence-electron chi connectivity index (χ4n) is 5.55. The number of likely N-dealkylation sites (N-methyl/N-ethyl adjacent to an activating group) is 2.